The number of aliphatic hydroxyl groups excluding tert-OH is 1. The van der Waals surface area contributed by atoms with Crippen molar-refractivity contribution in [2.75, 3.05) is 39.1 Å². The lowest BCUT2D eigenvalue weighted by Crippen LogP contribution is -2.43. The maximum atomic E-state index is 15.3. The first-order chi connectivity index (χ1) is 16.2. The van der Waals surface area contributed by atoms with Crippen LogP contribution in [0.4, 0.5) is 4.39 Å². The minimum atomic E-state index is -1.06. The van der Waals surface area contributed by atoms with Crippen LogP contribution in [0.25, 0.3) is 10.9 Å². The highest BCUT2D eigenvalue weighted by Crippen LogP contribution is 2.35. The fraction of sp³-hybridized carbons (Fsp3) is 0.462. The number of aromatic nitrogens is 2. The average Bonchev–Trinajstić information content (AvgIpc) is 2.87. The molecule has 3 heterocycles. The van der Waals surface area contributed by atoms with E-state index in [9.17, 15) is 5.11 Å². The van der Waals surface area contributed by atoms with Crippen molar-refractivity contribution in [2.24, 2.45) is 11.8 Å². The highest BCUT2D eigenvalue weighted by atomic mass is 32.2. The third-order valence-corrected chi connectivity index (χ3v) is 7.54. The lowest BCUT2D eigenvalue weighted by Gasteiger charge is -2.38. The lowest BCUT2D eigenvalue weighted by atomic mass is 9.81. The summed E-state index contributed by atoms with van der Waals surface area (Å²) in [6.07, 6.45) is 4.66. The van der Waals surface area contributed by atoms with Crippen LogP contribution in [-0.2, 0) is 0 Å². The number of pyridine rings is 2. The molecule has 7 heteroatoms. The average molecular weight is 470 g/mol. The van der Waals surface area contributed by atoms with E-state index < -0.39 is 6.17 Å². The number of halogens is 1. The summed E-state index contributed by atoms with van der Waals surface area (Å²) in [6.45, 7) is 2.99. The van der Waals surface area contributed by atoms with Gasteiger partial charge < -0.3 is 14.7 Å². The van der Waals surface area contributed by atoms with Gasteiger partial charge in [-0.2, -0.15) is 0 Å². The van der Waals surface area contributed by atoms with Crippen LogP contribution in [0, 0.1) is 11.8 Å². The van der Waals surface area contributed by atoms with Crippen LogP contribution in [0.15, 0.2) is 59.9 Å². The van der Waals surface area contributed by atoms with Crippen molar-refractivity contribution in [3.05, 3.63) is 60.4 Å². The Bertz CT molecular complexity index is 1020. The summed E-state index contributed by atoms with van der Waals surface area (Å²) in [5, 5.41) is 11.9. The number of alkyl halides is 1. The minimum absolute atomic E-state index is 0.154. The smallest absolute Gasteiger partial charge is 0.126 e. The molecule has 1 fully saturated rings. The van der Waals surface area contributed by atoms with Gasteiger partial charge in [0.05, 0.1) is 17.7 Å². The highest BCUT2D eigenvalue weighted by Gasteiger charge is 2.29. The molecule has 1 aliphatic heterocycles. The van der Waals surface area contributed by atoms with Crippen LogP contribution in [0.5, 0.6) is 5.75 Å². The Morgan fingerprint density at radius 2 is 2.09 bits per heavy atom. The van der Waals surface area contributed by atoms with E-state index in [2.05, 4.69) is 14.9 Å². The number of rotatable bonds is 10. The first-order valence-electron chi connectivity index (χ1n) is 11.6. The second-order valence-electron chi connectivity index (χ2n) is 8.64. The van der Waals surface area contributed by atoms with Crippen LogP contribution in [0.2, 0.25) is 0 Å². The molecule has 0 aliphatic carbocycles. The summed E-state index contributed by atoms with van der Waals surface area (Å²) in [4.78, 5) is 11.1. The number of methoxy groups -OCH3 is 1. The zero-order chi connectivity index (χ0) is 23.0. The molecule has 1 saturated heterocycles. The van der Waals surface area contributed by atoms with Crippen LogP contribution in [0.1, 0.15) is 31.0 Å². The monoisotopic (exact) mass is 469 g/mol. The second kappa shape index (κ2) is 11.8. The van der Waals surface area contributed by atoms with Gasteiger partial charge in [-0.25, -0.2) is 9.37 Å². The van der Waals surface area contributed by atoms with Crippen molar-refractivity contribution in [1.29, 1.82) is 0 Å². The molecular formula is C26H32FN3O2S. The number of hydrogen-bond donors (Lipinski definition) is 1. The molecule has 0 amide bonds. The van der Waals surface area contributed by atoms with Gasteiger partial charge in [-0.05, 0) is 79.6 Å². The maximum Gasteiger partial charge on any atom is 0.126 e. The van der Waals surface area contributed by atoms with Crippen LogP contribution < -0.4 is 4.74 Å². The summed E-state index contributed by atoms with van der Waals surface area (Å²) < 4.78 is 20.7. The summed E-state index contributed by atoms with van der Waals surface area (Å²) in [5.74, 6) is 2.22. The number of fused-ring (bicyclic) bond motifs is 1. The standard InChI is InChI=1S/C26H32FN3O2S/c1-32-21-6-8-25-23(16-21)22(9-12-28-25)24(27)7-5-19-10-13-30(17-20(19)18-31)14-15-33-26-4-2-3-11-29-26/h2-4,6,8-9,11-12,16,19-20,24,31H,5,7,10,13-15,17-18H2,1H3/t19-,20-,24+/m1/s1. The normalized spacial score (nSPS) is 20.1. The van der Waals surface area contributed by atoms with Crippen LogP contribution in [0.3, 0.4) is 0 Å². The molecule has 4 rings (SSSR count). The summed E-state index contributed by atoms with van der Waals surface area (Å²) >= 11 is 1.76. The van der Waals surface area contributed by atoms with Gasteiger partial charge in [-0.15, -0.1) is 11.8 Å². The molecule has 33 heavy (non-hydrogen) atoms. The molecule has 0 bridgehead atoms. The topological polar surface area (TPSA) is 58.5 Å². The third-order valence-electron chi connectivity index (χ3n) is 6.62. The van der Waals surface area contributed by atoms with Gasteiger partial charge in [-0.1, -0.05) is 6.07 Å². The number of benzene rings is 1. The molecule has 1 aliphatic rings. The van der Waals surface area contributed by atoms with Crippen molar-refractivity contribution in [2.45, 2.75) is 30.5 Å². The Morgan fingerprint density at radius 3 is 2.88 bits per heavy atom. The Balaban J connectivity index is 1.30. The van der Waals surface area contributed by atoms with Crippen LogP contribution >= 0.6 is 11.8 Å². The van der Waals surface area contributed by atoms with E-state index in [-0.39, 0.29) is 12.5 Å². The van der Waals surface area contributed by atoms with Crippen LogP contribution in [-0.4, -0.2) is 59.1 Å². The van der Waals surface area contributed by atoms with Crippen molar-refractivity contribution in [1.82, 2.24) is 14.9 Å². The number of aliphatic hydroxyl groups is 1. The third kappa shape index (κ3) is 6.22. The molecule has 0 unspecified atom stereocenters. The van der Waals surface area contributed by atoms with Crippen molar-refractivity contribution in [3.8, 4) is 5.75 Å². The van der Waals surface area contributed by atoms with Gasteiger partial charge in [-0.3, -0.25) is 4.98 Å². The molecular weight excluding hydrogens is 437 g/mol. The van der Waals surface area contributed by atoms with Gasteiger partial charge in [0.15, 0.2) is 0 Å². The van der Waals surface area contributed by atoms with Crippen molar-refractivity contribution >= 4 is 22.7 Å². The van der Waals surface area contributed by atoms with E-state index in [1.54, 1.807) is 31.1 Å². The lowest BCUT2D eigenvalue weighted by molar-refractivity contribution is 0.0672. The first-order valence-corrected chi connectivity index (χ1v) is 12.6. The molecule has 176 valence electrons. The molecule has 2 aromatic heterocycles. The van der Waals surface area contributed by atoms with Gasteiger partial charge >= 0.3 is 0 Å². The van der Waals surface area contributed by atoms with Crippen molar-refractivity contribution < 1.29 is 14.2 Å². The van der Waals surface area contributed by atoms with E-state index >= 15 is 4.39 Å². The largest absolute Gasteiger partial charge is 0.497 e. The molecule has 3 aromatic rings. The maximum absolute atomic E-state index is 15.3. The van der Waals surface area contributed by atoms with E-state index in [0.29, 0.717) is 23.7 Å². The Labute approximate surface area is 199 Å². The predicted octanol–water partition coefficient (Wildman–Crippen LogP) is 5.15. The molecule has 3 atom stereocenters. The number of hydrogen-bond acceptors (Lipinski definition) is 6. The summed E-state index contributed by atoms with van der Waals surface area (Å²) in [7, 11) is 1.61. The predicted molar refractivity (Wildman–Crippen MR) is 131 cm³/mol. The second-order valence-corrected chi connectivity index (χ2v) is 9.75. The fourth-order valence-corrected chi connectivity index (χ4v) is 5.59. The van der Waals surface area contributed by atoms with E-state index in [0.717, 1.165) is 54.2 Å². The Morgan fingerprint density at radius 1 is 1.18 bits per heavy atom. The zero-order valence-electron chi connectivity index (χ0n) is 19.1. The Hall–Kier alpha value is -2.22. The molecule has 1 aromatic carbocycles. The van der Waals surface area contributed by atoms with Gasteiger partial charge in [0.25, 0.3) is 0 Å². The highest BCUT2D eigenvalue weighted by molar-refractivity contribution is 7.99. The number of likely N-dealkylation sites (tertiary alicyclic amines) is 1. The first kappa shape index (κ1) is 23.9. The number of piperidine rings is 1. The fourth-order valence-electron chi connectivity index (χ4n) is 4.72. The van der Waals surface area contributed by atoms with Crippen molar-refractivity contribution in [3.63, 3.8) is 0 Å². The molecule has 0 saturated carbocycles. The van der Waals surface area contributed by atoms with E-state index in [4.69, 9.17) is 4.74 Å². The summed E-state index contributed by atoms with van der Waals surface area (Å²) in [5.41, 5.74) is 1.45. The van der Waals surface area contributed by atoms with E-state index in [1.807, 2.05) is 42.6 Å². The quantitative estimate of drug-likeness (QED) is 0.414. The van der Waals surface area contributed by atoms with Gasteiger partial charge in [0, 0.05) is 43.2 Å². The Kier molecular flexibility index (Phi) is 8.53. The molecule has 0 spiro atoms. The molecule has 1 N–H and O–H groups in total. The molecule has 5 nitrogen and oxygen atoms in total. The zero-order valence-corrected chi connectivity index (χ0v) is 19.9. The summed E-state index contributed by atoms with van der Waals surface area (Å²) in [6, 6.07) is 13.3. The number of thioether (sulfide) groups is 1. The molecule has 0 radical (unpaired) electrons. The van der Waals surface area contributed by atoms with Gasteiger partial charge in [0.2, 0.25) is 0 Å². The van der Waals surface area contributed by atoms with E-state index in [1.165, 1.54) is 0 Å². The SMILES string of the molecule is COc1ccc2nccc([C@@H](F)CC[C@@H]3CCN(CCSc4ccccn4)C[C@@H]3CO)c2c1. The number of nitrogens with zero attached hydrogens (tertiary/aromatic N) is 3. The minimum Gasteiger partial charge on any atom is -0.497 e. The van der Waals surface area contributed by atoms with Gasteiger partial charge in [0.1, 0.15) is 11.9 Å². The number of ether oxygens (including phenoxy) is 1.